The number of halogens is 2. The predicted octanol–water partition coefficient (Wildman–Crippen LogP) is 4.81. The zero-order chi connectivity index (χ0) is 20.5. The van der Waals surface area contributed by atoms with E-state index in [4.69, 9.17) is 4.74 Å². The molecule has 1 saturated carbocycles. The minimum absolute atomic E-state index is 0.0941. The van der Waals surface area contributed by atoms with Crippen LogP contribution in [0.5, 0.6) is 5.75 Å². The standard InChI is InChI=1S/C21H25F2N3O2/c1-20(2,3)21(8-5-9-21)26-19(27)18-16(28-4)6-7-17(25-18)24-15-11-13(22)10-14(23)12-15/h6-7,10-12H,5,8-9H2,1-4H3,(H,24,25)(H,26,27). The highest BCUT2D eigenvalue weighted by Crippen LogP contribution is 2.45. The van der Waals surface area contributed by atoms with Gasteiger partial charge < -0.3 is 15.4 Å². The maximum absolute atomic E-state index is 13.4. The number of hydrogen-bond donors (Lipinski definition) is 2. The first-order chi connectivity index (χ1) is 13.1. The van der Waals surface area contributed by atoms with Gasteiger partial charge in [-0.1, -0.05) is 20.8 Å². The molecule has 0 radical (unpaired) electrons. The normalized spacial score (nSPS) is 15.5. The van der Waals surface area contributed by atoms with E-state index in [-0.39, 0.29) is 34.1 Å². The number of nitrogens with zero attached hydrogens (tertiary/aromatic N) is 1. The largest absolute Gasteiger partial charge is 0.494 e. The topological polar surface area (TPSA) is 63.2 Å². The maximum Gasteiger partial charge on any atom is 0.274 e. The third kappa shape index (κ3) is 3.93. The molecule has 1 amide bonds. The summed E-state index contributed by atoms with van der Waals surface area (Å²) in [4.78, 5) is 17.3. The summed E-state index contributed by atoms with van der Waals surface area (Å²) < 4.78 is 32.1. The van der Waals surface area contributed by atoms with Gasteiger partial charge in [0, 0.05) is 17.3 Å². The summed E-state index contributed by atoms with van der Waals surface area (Å²) in [6.07, 6.45) is 2.88. The van der Waals surface area contributed by atoms with Crippen molar-refractivity contribution in [2.45, 2.75) is 45.6 Å². The molecule has 0 saturated heterocycles. The van der Waals surface area contributed by atoms with Crippen LogP contribution in [-0.2, 0) is 0 Å². The van der Waals surface area contributed by atoms with Crippen LogP contribution in [0.3, 0.4) is 0 Å². The fraction of sp³-hybridized carbons (Fsp3) is 0.429. The Labute approximate surface area is 163 Å². The number of aromatic nitrogens is 1. The second kappa shape index (κ2) is 7.37. The van der Waals surface area contributed by atoms with Crippen LogP contribution in [-0.4, -0.2) is 23.5 Å². The van der Waals surface area contributed by atoms with Crippen molar-refractivity contribution in [3.8, 4) is 5.75 Å². The fourth-order valence-corrected chi connectivity index (χ4v) is 3.49. The highest BCUT2D eigenvalue weighted by atomic mass is 19.1. The molecule has 150 valence electrons. The van der Waals surface area contributed by atoms with Gasteiger partial charge in [-0.25, -0.2) is 13.8 Å². The Balaban J connectivity index is 1.87. The summed E-state index contributed by atoms with van der Waals surface area (Å²) in [5.74, 6) is -1.12. The van der Waals surface area contributed by atoms with Crippen LogP contribution < -0.4 is 15.4 Å². The monoisotopic (exact) mass is 389 g/mol. The van der Waals surface area contributed by atoms with E-state index in [0.29, 0.717) is 5.75 Å². The second-order valence-corrected chi connectivity index (χ2v) is 8.17. The molecule has 1 aromatic carbocycles. The summed E-state index contributed by atoms with van der Waals surface area (Å²) in [6.45, 7) is 6.31. The molecular formula is C21H25F2N3O2. The van der Waals surface area contributed by atoms with E-state index in [9.17, 15) is 13.6 Å². The molecule has 0 bridgehead atoms. The summed E-state index contributed by atoms with van der Waals surface area (Å²) in [5.41, 5.74) is -0.0544. The van der Waals surface area contributed by atoms with E-state index < -0.39 is 11.6 Å². The van der Waals surface area contributed by atoms with Crippen LogP contribution in [0.15, 0.2) is 30.3 Å². The molecule has 5 nitrogen and oxygen atoms in total. The van der Waals surface area contributed by atoms with Gasteiger partial charge in [-0.2, -0.15) is 0 Å². The summed E-state index contributed by atoms with van der Waals surface area (Å²) in [6, 6.07) is 6.27. The van der Waals surface area contributed by atoms with Crippen molar-refractivity contribution in [2.24, 2.45) is 5.41 Å². The number of anilines is 2. The molecule has 28 heavy (non-hydrogen) atoms. The van der Waals surface area contributed by atoms with Gasteiger partial charge in [-0.15, -0.1) is 0 Å². The lowest BCUT2D eigenvalue weighted by molar-refractivity contribution is 0.0414. The van der Waals surface area contributed by atoms with E-state index in [1.807, 2.05) is 0 Å². The number of carbonyl (C=O) groups is 1. The molecule has 1 aliphatic carbocycles. The van der Waals surface area contributed by atoms with Gasteiger partial charge >= 0.3 is 0 Å². The summed E-state index contributed by atoms with van der Waals surface area (Å²) in [5, 5.41) is 5.97. The smallest absolute Gasteiger partial charge is 0.274 e. The van der Waals surface area contributed by atoms with E-state index >= 15 is 0 Å². The van der Waals surface area contributed by atoms with Gasteiger partial charge in [0.25, 0.3) is 5.91 Å². The molecule has 1 aromatic heterocycles. The number of rotatable bonds is 5. The molecule has 0 aliphatic heterocycles. The number of nitrogens with one attached hydrogen (secondary N) is 2. The van der Waals surface area contributed by atoms with E-state index in [2.05, 4.69) is 36.4 Å². The summed E-state index contributed by atoms with van der Waals surface area (Å²) >= 11 is 0. The SMILES string of the molecule is COc1ccc(Nc2cc(F)cc(F)c2)nc1C(=O)NC1(C(C)(C)C)CCC1. The minimum Gasteiger partial charge on any atom is -0.494 e. The minimum atomic E-state index is -0.703. The Morgan fingerprint density at radius 1 is 1.14 bits per heavy atom. The Morgan fingerprint density at radius 2 is 1.79 bits per heavy atom. The number of hydrogen-bond acceptors (Lipinski definition) is 4. The lowest BCUT2D eigenvalue weighted by Crippen LogP contribution is -2.61. The second-order valence-electron chi connectivity index (χ2n) is 8.17. The van der Waals surface area contributed by atoms with Crippen molar-refractivity contribution >= 4 is 17.4 Å². The fourth-order valence-electron chi connectivity index (χ4n) is 3.49. The number of pyridine rings is 1. The van der Waals surface area contributed by atoms with Crippen LogP contribution in [0.1, 0.15) is 50.5 Å². The van der Waals surface area contributed by atoms with E-state index in [1.54, 1.807) is 12.1 Å². The van der Waals surface area contributed by atoms with Crippen LogP contribution in [0, 0.1) is 17.0 Å². The first kappa shape index (κ1) is 20.0. The zero-order valence-electron chi connectivity index (χ0n) is 16.5. The summed E-state index contributed by atoms with van der Waals surface area (Å²) in [7, 11) is 1.46. The number of benzene rings is 1. The molecule has 1 aliphatic rings. The number of carbonyl (C=O) groups excluding carboxylic acids is 1. The van der Waals surface area contributed by atoms with Crippen molar-refractivity contribution in [1.29, 1.82) is 0 Å². The predicted molar refractivity (Wildman–Crippen MR) is 104 cm³/mol. The van der Waals surface area contributed by atoms with Crippen molar-refractivity contribution in [3.05, 3.63) is 47.7 Å². The molecular weight excluding hydrogens is 364 g/mol. The molecule has 1 heterocycles. The highest BCUT2D eigenvalue weighted by Gasteiger charge is 2.48. The van der Waals surface area contributed by atoms with E-state index in [0.717, 1.165) is 37.5 Å². The molecule has 0 unspecified atom stereocenters. The molecule has 1 fully saturated rings. The average molecular weight is 389 g/mol. The Hall–Kier alpha value is -2.70. The Bertz CT molecular complexity index is 869. The van der Waals surface area contributed by atoms with Crippen LogP contribution in [0.2, 0.25) is 0 Å². The molecule has 0 spiro atoms. The zero-order valence-corrected chi connectivity index (χ0v) is 16.5. The van der Waals surface area contributed by atoms with Gasteiger partial charge in [-0.05, 0) is 48.9 Å². The average Bonchev–Trinajstić information content (AvgIpc) is 2.55. The Kier molecular flexibility index (Phi) is 5.28. The van der Waals surface area contributed by atoms with Gasteiger partial charge in [0.15, 0.2) is 5.69 Å². The van der Waals surface area contributed by atoms with Gasteiger partial charge in [0.1, 0.15) is 23.2 Å². The maximum atomic E-state index is 13.4. The Morgan fingerprint density at radius 3 is 2.29 bits per heavy atom. The molecule has 7 heteroatoms. The molecule has 2 aromatic rings. The third-order valence-corrected chi connectivity index (χ3v) is 5.42. The number of amides is 1. The highest BCUT2D eigenvalue weighted by molar-refractivity contribution is 5.96. The third-order valence-electron chi connectivity index (χ3n) is 5.42. The van der Waals surface area contributed by atoms with Gasteiger partial charge in [-0.3, -0.25) is 4.79 Å². The van der Waals surface area contributed by atoms with Crippen LogP contribution in [0.25, 0.3) is 0 Å². The number of ether oxygens (including phenoxy) is 1. The van der Waals surface area contributed by atoms with Gasteiger partial charge in [0.2, 0.25) is 0 Å². The first-order valence-corrected chi connectivity index (χ1v) is 9.24. The quantitative estimate of drug-likeness (QED) is 0.770. The van der Waals surface area contributed by atoms with Crippen molar-refractivity contribution in [1.82, 2.24) is 10.3 Å². The van der Waals surface area contributed by atoms with E-state index in [1.165, 1.54) is 7.11 Å². The van der Waals surface area contributed by atoms with Gasteiger partial charge in [0.05, 0.1) is 7.11 Å². The lowest BCUT2D eigenvalue weighted by Gasteiger charge is -2.52. The number of methoxy groups -OCH3 is 1. The van der Waals surface area contributed by atoms with Crippen molar-refractivity contribution < 1.29 is 18.3 Å². The van der Waals surface area contributed by atoms with Crippen LogP contribution >= 0.6 is 0 Å². The van der Waals surface area contributed by atoms with Crippen LogP contribution in [0.4, 0.5) is 20.3 Å². The van der Waals surface area contributed by atoms with Crippen molar-refractivity contribution in [2.75, 3.05) is 12.4 Å². The van der Waals surface area contributed by atoms with Crippen molar-refractivity contribution in [3.63, 3.8) is 0 Å². The molecule has 3 rings (SSSR count). The molecule has 0 atom stereocenters. The first-order valence-electron chi connectivity index (χ1n) is 9.24. The molecule has 2 N–H and O–H groups in total. The lowest BCUT2D eigenvalue weighted by atomic mass is 9.61.